The largest absolute Gasteiger partial charge is 0.502 e. The van der Waals surface area contributed by atoms with Gasteiger partial charge in [-0.1, -0.05) is 12.2 Å². The summed E-state index contributed by atoms with van der Waals surface area (Å²) in [5.74, 6) is 0.769. The van der Waals surface area contributed by atoms with Gasteiger partial charge in [0.2, 0.25) is 0 Å². The molecule has 4 rings (SSSR count). The number of aliphatic hydroxyl groups is 1. The second-order valence-electron chi connectivity index (χ2n) is 8.17. The van der Waals surface area contributed by atoms with Crippen LogP contribution in [0.4, 0.5) is 11.4 Å². The highest BCUT2D eigenvalue weighted by molar-refractivity contribution is 7.81. The van der Waals surface area contributed by atoms with Crippen LogP contribution in [0, 0.1) is 0 Å². The molecule has 0 aliphatic carbocycles. The van der Waals surface area contributed by atoms with Crippen LogP contribution in [0.15, 0.2) is 67.0 Å². The molecule has 1 aromatic heterocycles. The maximum Gasteiger partial charge on any atom is 0.338 e. The van der Waals surface area contributed by atoms with E-state index in [0.29, 0.717) is 53.8 Å². The summed E-state index contributed by atoms with van der Waals surface area (Å²) in [6.07, 6.45) is 3.66. The molecule has 1 aliphatic heterocycles. The van der Waals surface area contributed by atoms with Crippen LogP contribution in [0.5, 0.6) is 11.5 Å². The first-order chi connectivity index (χ1) is 17.4. The van der Waals surface area contributed by atoms with Crippen LogP contribution in [0.25, 0.3) is 11.5 Å². The predicted octanol–water partition coefficient (Wildman–Crippen LogP) is 4.31. The first-order valence-corrected chi connectivity index (χ1v) is 11.9. The third-order valence-corrected chi connectivity index (χ3v) is 5.79. The van der Waals surface area contributed by atoms with Crippen molar-refractivity contribution < 1.29 is 28.7 Å². The average Bonchev–Trinajstić information content (AvgIpc) is 2.89. The van der Waals surface area contributed by atoms with Gasteiger partial charge in [0.1, 0.15) is 13.2 Å². The molecule has 2 N–H and O–H groups in total. The Morgan fingerprint density at radius 2 is 1.67 bits per heavy atom. The van der Waals surface area contributed by atoms with E-state index in [9.17, 15) is 9.90 Å². The molecule has 0 amide bonds. The molecule has 186 valence electrons. The summed E-state index contributed by atoms with van der Waals surface area (Å²) in [4.78, 5) is 14.2. The van der Waals surface area contributed by atoms with Gasteiger partial charge in [-0.25, -0.2) is 4.79 Å². The molecule has 1 aliphatic rings. The highest BCUT2D eigenvalue weighted by Crippen LogP contribution is 2.33. The zero-order chi connectivity index (χ0) is 25.7. The van der Waals surface area contributed by atoms with Gasteiger partial charge in [0, 0.05) is 43.2 Å². The van der Waals surface area contributed by atoms with Gasteiger partial charge in [-0.05, 0) is 49.4 Å². The Bertz CT molecular complexity index is 1290. The zero-order valence-corrected chi connectivity index (χ0v) is 21.2. The lowest BCUT2D eigenvalue weighted by Crippen LogP contribution is -2.38. The number of aromatic nitrogens is 1. The summed E-state index contributed by atoms with van der Waals surface area (Å²) in [5, 5.41) is 14.6. The van der Waals surface area contributed by atoms with E-state index in [1.807, 2.05) is 43.5 Å². The van der Waals surface area contributed by atoms with Gasteiger partial charge in [-0.15, -0.1) is 0 Å². The molecule has 0 atom stereocenters. The molecule has 9 heteroatoms. The molecule has 2 heterocycles. The molecule has 0 radical (unpaired) electrons. The van der Waals surface area contributed by atoms with Gasteiger partial charge >= 0.3 is 5.97 Å². The van der Waals surface area contributed by atoms with Crippen LogP contribution in [0.2, 0.25) is 0 Å². The van der Waals surface area contributed by atoms with Crippen molar-refractivity contribution in [3.05, 3.63) is 78.1 Å². The summed E-state index contributed by atoms with van der Waals surface area (Å²) < 4.78 is 18.1. The van der Waals surface area contributed by atoms with Crippen LogP contribution in [-0.2, 0) is 4.74 Å². The standard InChI is InChI=1S/C27H27N3O5S/c1-4-33-27(32)18-5-8-20(9-6-18)28-26(36)24(30-13-11-21(12-14-30)29(2)3)25(31)19-7-10-22-23(17-19)35-16-15-34-22/h5-14,17H,4,15-16H2,1-3H3,(H-,28,31,32,36)/p+1. The van der Waals surface area contributed by atoms with Crippen LogP contribution in [0.3, 0.4) is 0 Å². The Balaban J connectivity index is 1.70. The van der Waals surface area contributed by atoms with E-state index in [1.165, 1.54) is 0 Å². The van der Waals surface area contributed by atoms with Gasteiger partial charge in [-0.3, -0.25) is 0 Å². The number of esters is 1. The topological polar surface area (TPSA) is 84.1 Å². The minimum atomic E-state index is -0.389. The Morgan fingerprint density at radius 1 is 1.03 bits per heavy atom. The molecule has 2 aromatic carbocycles. The highest BCUT2D eigenvalue weighted by atomic mass is 32.1. The molecule has 36 heavy (non-hydrogen) atoms. The fraction of sp³-hybridized carbons (Fsp3) is 0.222. The summed E-state index contributed by atoms with van der Waals surface area (Å²) >= 11 is 5.74. The Kier molecular flexibility index (Phi) is 7.70. The van der Waals surface area contributed by atoms with E-state index >= 15 is 0 Å². The van der Waals surface area contributed by atoms with E-state index in [2.05, 4.69) is 5.32 Å². The van der Waals surface area contributed by atoms with Crippen molar-refractivity contribution in [2.45, 2.75) is 6.92 Å². The molecule has 0 fully saturated rings. The molecular formula is C27H28N3O5S+. The third kappa shape index (κ3) is 5.58. The van der Waals surface area contributed by atoms with Crippen LogP contribution >= 0.6 is 12.2 Å². The van der Waals surface area contributed by atoms with Gasteiger partial charge in [0.25, 0.3) is 5.70 Å². The number of rotatable bonds is 7. The van der Waals surface area contributed by atoms with Crippen molar-refractivity contribution >= 4 is 46.0 Å². The molecule has 0 bridgehead atoms. The summed E-state index contributed by atoms with van der Waals surface area (Å²) in [6, 6.07) is 15.9. The number of pyridine rings is 1. The summed E-state index contributed by atoms with van der Waals surface area (Å²) in [6.45, 7) is 2.99. The van der Waals surface area contributed by atoms with E-state index in [4.69, 9.17) is 26.4 Å². The second kappa shape index (κ2) is 11.1. The highest BCUT2D eigenvalue weighted by Gasteiger charge is 2.25. The fourth-order valence-corrected chi connectivity index (χ4v) is 3.95. The molecule has 8 nitrogen and oxygen atoms in total. The lowest BCUT2D eigenvalue weighted by Gasteiger charge is -2.19. The molecule has 0 unspecified atom stereocenters. The van der Waals surface area contributed by atoms with Crippen molar-refractivity contribution in [3.63, 3.8) is 0 Å². The van der Waals surface area contributed by atoms with Crippen LogP contribution in [0.1, 0.15) is 22.8 Å². The molecular weight excluding hydrogens is 478 g/mol. The minimum Gasteiger partial charge on any atom is -0.502 e. The molecule has 3 aromatic rings. The van der Waals surface area contributed by atoms with E-state index in [1.54, 1.807) is 54.0 Å². The number of ether oxygens (including phenoxy) is 3. The molecule has 0 saturated carbocycles. The van der Waals surface area contributed by atoms with Gasteiger partial charge in [-0.2, -0.15) is 4.57 Å². The van der Waals surface area contributed by atoms with Crippen molar-refractivity contribution in [1.29, 1.82) is 0 Å². The number of carbonyl (C=O) groups excluding carboxylic acids is 1. The average molecular weight is 507 g/mol. The third-order valence-electron chi connectivity index (χ3n) is 5.50. The maximum atomic E-state index is 12.0. The number of nitrogens with zero attached hydrogens (tertiary/aromatic N) is 2. The van der Waals surface area contributed by atoms with Crippen molar-refractivity contribution in [2.75, 3.05) is 44.1 Å². The first-order valence-electron chi connectivity index (χ1n) is 11.5. The van der Waals surface area contributed by atoms with Crippen LogP contribution < -0.4 is 24.3 Å². The number of anilines is 2. The number of hydrogen-bond donors (Lipinski definition) is 2. The Morgan fingerprint density at radius 3 is 2.31 bits per heavy atom. The Hall–Kier alpha value is -4.11. The monoisotopic (exact) mass is 506 g/mol. The number of thiocarbonyl (C=S) groups is 1. The number of hydrogen-bond acceptors (Lipinski definition) is 7. The number of carbonyl (C=O) groups is 1. The first kappa shape index (κ1) is 25.0. The van der Waals surface area contributed by atoms with Crippen molar-refractivity contribution in [2.24, 2.45) is 0 Å². The van der Waals surface area contributed by atoms with Crippen molar-refractivity contribution in [3.8, 4) is 11.5 Å². The number of aliphatic hydroxyl groups excluding tert-OH is 1. The fourth-order valence-electron chi connectivity index (χ4n) is 3.63. The quantitative estimate of drug-likeness (QED) is 0.161. The molecule has 0 spiro atoms. The van der Waals surface area contributed by atoms with Gasteiger partial charge < -0.3 is 29.5 Å². The van der Waals surface area contributed by atoms with Crippen LogP contribution in [-0.4, -0.2) is 50.0 Å². The van der Waals surface area contributed by atoms with Crippen molar-refractivity contribution in [1.82, 2.24) is 0 Å². The van der Waals surface area contributed by atoms with E-state index < -0.39 is 0 Å². The summed E-state index contributed by atoms with van der Waals surface area (Å²) in [7, 11) is 3.91. The van der Waals surface area contributed by atoms with Gasteiger partial charge in [0.15, 0.2) is 34.6 Å². The SMILES string of the molecule is CCOC(=O)c1ccc(NC(=S)/C(=C(\O)c2ccc3c(c2)OCCO3)[n+]2ccc(N(C)C)cc2)cc1. The predicted molar refractivity (Wildman–Crippen MR) is 143 cm³/mol. The normalized spacial score (nSPS) is 12.9. The molecule has 0 saturated heterocycles. The minimum absolute atomic E-state index is 0.0322. The second-order valence-corrected chi connectivity index (χ2v) is 8.57. The maximum absolute atomic E-state index is 12.0. The zero-order valence-electron chi connectivity index (χ0n) is 20.4. The van der Waals surface area contributed by atoms with Gasteiger partial charge in [0.05, 0.1) is 12.2 Å². The smallest absolute Gasteiger partial charge is 0.338 e. The summed E-state index contributed by atoms with van der Waals surface area (Å²) in [5.41, 5.74) is 3.00. The lowest BCUT2D eigenvalue weighted by atomic mass is 10.1. The number of benzene rings is 2. The van der Waals surface area contributed by atoms with E-state index in [-0.39, 0.29) is 16.7 Å². The Labute approximate surface area is 215 Å². The number of nitrogens with one attached hydrogen (secondary N) is 1. The lowest BCUT2D eigenvalue weighted by molar-refractivity contribution is -0.575. The number of fused-ring (bicyclic) bond motifs is 1. The van der Waals surface area contributed by atoms with E-state index in [0.717, 1.165) is 5.69 Å².